The van der Waals surface area contributed by atoms with Crippen LogP contribution in [0.1, 0.15) is 95.0 Å². The molecule has 2 aromatic rings. The molecule has 1 aliphatic rings. The predicted molar refractivity (Wildman–Crippen MR) is 133 cm³/mol. The fraction of sp³-hybridized carbons (Fsp3) is 0.519. The fourth-order valence-electron chi connectivity index (χ4n) is 4.32. The van der Waals surface area contributed by atoms with Crippen LogP contribution in [0.25, 0.3) is 5.57 Å². The third-order valence-electron chi connectivity index (χ3n) is 6.27. The minimum absolute atomic E-state index is 0.184. The van der Waals surface area contributed by atoms with Crippen molar-refractivity contribution in [3.63, 3.8) is 0 Å². The molecule has 1 aliphatic heterocycles. The van der Waals surface area contributed by atoms with E-state index in [-0.39, 0.29) is 12.0 Å². The van der Waals surface area contributed by atoms with Crippen LogP contribution in [0.2, 0.25) is 0 Å². The van der Waals surface area contributed by atoms with Crippen LogP contribution in [0.4, 0.5) is 4.39 Å². The lowest BCUT2D eigenvalue weighted by Gasteiger charge is -2.25. The monoisotopic (exact) mass is 470 g/mol. The van der Waals surface area contributed by atoms with E-state index < -0.39 is 16.5 Å². The Hall–Kier alpha value is -2.21. The number of thioether (sulfide) groups is 1. The van der Waals surface area contributed by atoms with Crippen molar-refractivity contribution in [3.8, 4) is 0 Å². The van der Waals surface area contributed by atoms with Crippen molar-refractivity contribution >= 4 is 23.3 Å². The van der Waals surface area contributed by atoms with Crippen LogP contribution in [0.15, 0.2) is 41.6 Å². The summed E-state index contributed by atoms with van der Waals surface area (Å²) in [5, 5.41) is 10.2. The number of nitrogens with zero attached hydrogens (tertiary/aromatic N) is 2. The molecule has 178 valence electrons. The number of hydrogen-bond donors (Lipinski definition) is 1. The molecule has 0 fully saturated rings. The van der Waals surface area contributed by atoms with E-state index in [1.165, 1.54) is 49.9 Å². The minimum Gasteiger partial charge on any atom is -0.480 e. The molecule has 2 heterocycles. The predicted octanol–water partition coefficient (Wildman–Crippen LogP) is 7.54. The second-order valence-corrected chi connectivity index (χ2v) is 10.2. The Labute approximate surface area is 201 Å². The Bertz CT molecular complexity index is 961. The van der Waals surface area contributed by atoms with Gasteiger partial charge in [-0.1, -0.05) is 70.6 Å². The Morgan fingerprint density at radius 3 is 2.33 bits per heavy atom. The van der Waals surface area contributed by atoms with Crippen molar-refractivity contribution in [3.05, 3.63) is 64.3 Å². The molecule has 0 aliphatic carbocycles. The summed E-state index contributed by atoms with van der Waals surface area (Å²) in [6.07, 6.45) is 15.0. The molecule has 0 radical (unpaired) electrons. The minimum atomic E-state index is -1.38. The largest absolute Gasteiger partial charge is 0.480 e. The number of rotatable bonds is 13. The molecule has 3 rings (SSSR count). The molecule has 1 aromatic heterocycles. The average Bonchev–Trinajstić information content (AvgIpc) is 3.21. The van der Waals surface area contributed by atoms with E-state index in [1.54, 1.807) is 18.2 Å². The van der Waals surface area contributed by atoms with Crippen LogP contribution in [-0.2, 0) is 16.0 Å². The first-order valence-electron chi connectivity index (χ1n) is 12.2. The molecule has 0 saturated carbocycles. The van der Waals surface area contributed by atoms with Gasteiger partial charge >= 0.3 is 5.97 Å². The lowest BCUT2D eigenvalue weighted by Crippen LogP contribution is -2.31. The number of aryl methyl sites for hydroxylation is 1. The summed E-state index contributed by atoms with van der Waals surface area (Å²) in [6.45, 7) is 4.33. The van der Waals surface area contributed by atoms with Crippen molar-refractivity contribution in [2.45, 2.75) is 89.2 Å². The van der Waals surface area contributed by atoms with Gasteiger partial charge in [-0.25, -0.2) is 14.4 Å². The maximum atomic E-state index is 14.7. The van der Waals surface area contributed by atoms with Crippen molar-refractivity contribution in [1.29, 1.82) is 0 Å². The standard InChI is InChI=1S/C27H35FN2O2S/c1-3-5-7-8-9-10-13-20-18-29-25(30-19-20)21-17-27(26(31)32,33-24(21)16-6-4-2)22-14-11-12-15-23(22)28/h11-12,14-15,18-19H,3-10,13,16-17H2,1-2H3,(H,31,32). The number of aliphatic carboxylic acids is 1. The molecule has 0 saturated heterocycles. The van der Waals surface area contributed by atoms with Gasteiger partial charge in [0.25, 0.3) is 0 Å². The Balaban J connectivity index is 1.79. The number of carbonyl (C=O) groups is 1. The zero-order chi connectivity index (χ0) is 23.7. The summed E-state index contributed by atoms with van der Waals surface area (Å²) in [6, 6.07) is 6.20. The van der Waals surface area contributed by atoms with E-state index in [2.05, 4.69) is 23.8 Å². The summed E-state index contributed by atoms with van der Waals surface area (Å²) in [7, 11) is 0. The zero-order valence-electron chi connectivity index (χ0n) is 19.8. The van der Waals surface area contributed by atoms with E-state index in [0.29, 0.717) is 5.82 Å². The van der Waals surface area contributed by atoms with E-state index >= 15 is 0 Å². The van der Waals surface area contributed by atoms with Crippen LogP contribution in [0.5, 0.6) is 0 Å². The number of aromatic nitrogens is 2. The van der Waals surface area contributed by atoms with E-state index in [4.69, 9.17) is 0 Å². The molecule has 4 nitrogen and oxygen atoms in total. The summed E-state index contributed by atoms with van der Waals surface area (Å²) < 4.78 is 13.3. The van der Waals surface area contributed by atoms with E-state index in [9.17, 15) is 14.3 Å². The number of carboxylic acids is 1. The molecular weight excluding hydrogens is 435 g/mol. The summed E-state index contributed by atoms with van der Waals surface area (Å²) in [4.78, 5) is 22.7. The Morgan fingerprint density at radius 2 is 1.67 bits per heavy atom. The highest BCUT2D eigenvalue weighted by Gasteiger charge is 2.49. The number of benzene rings is 1. The third-order valence-corrected chi connectivity index (χ3v) is 7.85. The Kier molecular flexibility index (Phi) is 9.48. The molecule has 0 spiro atoms. The van der Waals surface area contributed by atoms with Gasteiger partial charge in [0.1, 0.15) is 10.6 Å². The maximum Gasteiger partial charge on any atom is 0.325 e. The number of carboxylic acid groups (broad SMARTS) is 1. The van der Waals surface area contributed by atoms with Crippen LogP contribution < -0.4 is 0 Å². The van der Waals surface area contributed by atoms with E-state index in [1.807, 2.05) is 12.4 Å². The van der Waals surface area contributed by atoms with Crippen molar-refractivity contribution < 1.29 is 14.3 Å². The average molecular weight is 471 g/mol. The van der Waals surface area contributed by atoms with Gasteiger partial charge < -0.3 is 5.11 Å². The van der Waals surface area contributed by atoms with E-state index in [0.717, 1.165) is 48.1 Å². The molecular formula is C27H35FN2O2S. The van der Waals surface area contributed by atoms with Crippen molar-refractivity contribution in [2.75, 3.05) is 0 Å². The number of hydrogen-bond acceptors (Lipinski definition) is 4. The molecule has 1 unspecified atom stereocenters. The molecule has 33 heavy (non-hydrogen) atoms. The van der Waals surface area contributed by atoms with Gasteiger partial charge in [-0.05, 0) is 42.2 Å². The highest BCUT2D eigenvalue weighted by Crippen LogP contribution is 2.57. The molecule has 1 aromatic carbocycles. The van der Waals surface area contributed by atoms with Gasteiger partial charge in [0.15, 0.2) is 5.82 Å². The first kappa shape index (κ1) is 25.4. The lowest BCUT2D eigenvalue weighted by molar-refractivity contribution is -0.140. The molecule has 0 amide bonds. The maximum absolute atomic E-state index is 14.7. The highest BCUT2D eigenvalue weighted by molar-refractivity contribution is 8.05. The van der Waals surface area contributed by atoms with Crippen LogP contribution in [-0.4, -0.2) is 21.0 Å². The normalized spacial score (nSPS) is 18.2. The topological polar surface area (TPSA) is 63.1 Å². The summed E-state index contributed by atoms with van der Waals surface area (Å²) in [5.41, 5.74) is 2.16. The second-order valence-electron chi connectivity index (χ2n) is 8.83. The van der Waals surface area contributed by atoms with Gasteiger partial charge in [-0.2, -0.15) is 0 Å². The van der Waals surface area contributed by atoms with Crippen LogP contribution in [0, 0.1) is 5.82 Å². The Morgan fingerprint density at radius 1 is 1.00 bits per heavy atom. The molecule has 1 N–H and O–H groups in total. The first-order chi connectivity index (χ1) is 16.0. The number of halogens is 1. The number of unbranched alkanes of at least 4 members (excludes halogenated alkanes) is 6. The van der Waals surface area contributed by atoms with Gasteiger partial charge in [0.05, 0.1) is 0 Å². The highest BCUT2D eigenvalue weighted by atomic mass is 32.2. The molecule has 6 heteroatoms. The van der Waals surface area contributed by atoms with Gasteiger partial charge in [-0.15, -0.1) is 11.8 Å². The SMILES string of the molecule is CCCCCCCCc1cnc(C2=C(CCCC)SC(C(=O)O)(c3ccccc3F)C2)nc1. The second kappa shape index (κ2) is 12.3. The molecule has 0 bridgehead atoms. The smallest absolute Gasteiger partial charge is 0.325 e. The van der Waals surface area contributed by atoms with Gasteiger partial charge in [0, 0.05) is 30.0 Å². The van der Waals surface area contributed by atoms with Crippen LogP contribution >= 0.6 is 11.8 Å². The van der Waals surface area contributed by atoms with Crippen LogP contribution in [0.3, 0.4) is 0 Å². The third kappa shape index (κ3) is 6.23. The van der Waals surface area contributed by atoms with Crippen molar-refractivity contribution in [2.24, 2.45) is 0 Å². The van der Waals surface area contributed by atoms with Gasteiger partial charge in [-0.3, -0.25) is 4.79 Å². The quantitative estimate of drug-likeness (QED) is 0.306. The number of allylic oxidation sites excluding steroid dienone is 2. The van der Waals surface area contributed by atoms with Crippen molar-refractivity contribution in [1.82, 2.24) is 9.97 Å². The molecule has 1 atom stereocenters. The van der Waals surface area contributed by atoms with Gasteiger partial charge in [0.2, 0.25) is 0 Å². The first-order valence-corrected chi connectivity index (χ1v) is 13.0. The summed E-state index contributed by atoms with van der Waals surface area (Å²) in [5.74, 6) is -0.945. The zero-order valence-corrected chi connectivity index (χ0v) is 20.6. The lowest BCUT2D eigenvalue weighted by atomic mass is 9.90. The fourth-order valence-corrected chi connectivity index (χ4v) is 5.85. The summed E-state index contributed by atoms with van der Waals surface area (Å²) >= 11 is 1.26.